The van der Waals surface area contributed by atoms with Crippen LogP contribution in [-0.2, 0) is 6.54 Å². The summed E-state index contributed by atoms with van der Waals surface area (Å²) in [5, 5.41) is 5.02. The molecule has 2 N–H and O–H groups in total. The Morgan fingerprint density at radius 1 is 1.14 bits per heavy atom. The number of carbonyl (C=O) groups excluding carboxylic acids is 1. The quantitative estimate of drug-likeness (QED) is 0.408. The van der Waals surface area contributed by atoms with E-state index in [9.17, 15) is 9.59 Å². The zero-order valence-corrected chi connectivity index (χ0v) is 15.9. The van der Waals surface area contributed by atoms with Gasteiger partial charge in [-0.25, -0.2) is 5.43 Å². The minimum Gasteiger partial charge on any atom is -0.361 e. The van der Waals surface area contributed by atoms with Gasteiger partial charge >= 0.3 is 0 Å². The Labute approximate surface area is 167 Å². The number of nitrogens with one attached hydrogen (secondary N) is 2. The predicted octanol–water partition coefficient (Wildman–Crippen LogP) is 3.45. The van der Waals surface area contributed by atoms with Gasteiger partial charge in [0.2, 0.25) is 0 Å². The van der Waals surface area contributed by atoms with Crippen LogP contribution in [-0.4, -0.2) is 21.7 Å². The molecule has 2 aromatic heterocycles. The molecule has 0 aliphatic rings. The summed E-state index contributed by atoms with van der Waals surface area (Å²) in [6.45, 7) is 2.40. The van der Waals surface area contributed by atoms with Gasteiger partial charge in [0.25, 0.3) is 11.5 Å². The third-order valence-corrected chi connectivity index (χ3v) is 4.69. The van der Waals surface area contributed by atoms with Gasteiger partial charge in [-0.05, 0) is 30.7 Å². The first-order valence-corrected chi connectivity index (χ1v) is 9.26. The van der Waals surface area contributed by atoms with E-state index in [4.69, 9.17) is 0 Å². The molecule has 0 atom stereocenters. The number of aromatic amines is 1. The lowest BCUT2D eigenvalue weighted by Crippen LogP contribution is -2.30. The van der Waals surface area contributed by atoms with Crippen molar-refractivity contribution in [2.45, 2.75) is 13.5 Å². The summed E-state index contributed by atoms with van der Waals surface area (Å²) in [5.74, 6) is -0.537. The zero-order chi connectivity index (χ0) is 20.2. The second kappa shape index (κ2) is 7.98. The summed E-state index contributed by atoms with van der Waals surface area (Å²) in [6, 6.07) is 18.9. The molecule has 1 amide bonds. The molecule has 0 aliphatic heterocycles. The average molecular weight is 384 g/mol. The topological polar surface area (TPSA) is 79.2 Å². The number of hydrogen-bond donors (Lipinski definition) is 2. The van der Waals surface area contributed by atoms with E-state index in [1.165, 1.54) is 10.6 Å². The lowest BCUT2D eigenvalue weighted by molar-refractivity contribution is 0.0953. The first kappa shape index (κ1) is 18.4. The number of aryl methyl sites for hydroxylation is 1. The Hall–Kier alpha value is -3.93. The molecule has 0 fully saturated rings. The SMILES string of the molecule is Cc1cccc(Cn2cccc(C(=O)N/N=C\c3c[nH]c4ccccc34)c2=O)c1. The standard InChI is InChI=1S/C23H20N4O2/c1-16-6-4-7-17(12-16)15-27-11-5-9-20(23(27)29)22(28)26-25-14-18-13-24-21-10-3-2-8-19(18)21/h2-14,24H,15H2,1H3,(H,26,28)/b25-14-. The van der Waals surface area contributed by atoms with E-state index in [0.717, 1.165) is 27.6 Å². The van der Waals surface area contributed by atoms with Crippen LogP contribution in [0.15, 0.2) is 83.0 Å². The smallest absolute Gasteiger partial charge is 0.276 e. The van der Waals surface area contributed by atoms with Crippen molar-refractivity contribution >= 4 is 23.0 Å². The van der Waals surface area contributed by atoms with Crippen molar-refractivity contribution in [1.29, 1.82) is 0 Å². The van der Waals surface area contributed by atoms with Crippen LogP contribution in [0.2, 0.25) is 0 Å². The van der Waals surface area contributed by atoms with Crippen molar-refractivity contribution in [1.82, 2.24) is 15.0 Å². The molecule has 144 valence electrons. The minimum atomic E-state index is -0.537. The van der Waals surface area contributed by atoms with Crippen LogP contribution >= 0.6 is 0 Å². The number of benzene rings is 2. The van der Waals surface area contributed by atoms with Crippen molar-refractivity contribution in [3.05, 3.63) is 106 Å². The van der Waals surface area contributed by atoms with E-state index in [0.29, 0.717) is 6.54 Å². The van der Waals surface area contributed by atoms with E-state index >= 15 is 0 Å². The Bertz CT molecular complexity index is 1270. The molecule has 0 radical (unpaired) electrons. The second-order valence-electron chi connectivity index (χ2n) is 6.83. The third kappa shape index (κ3) is 4.01. The highest BCUT2D eigenvalue weighted by Crippen LogP contribution is 2.15. The molecule has 4 aromatic rings. The molecular formula is C23H20N4O2. The Kier molecular flexibility index (Phi) is 5.07. The van der Waals surface area contributed by atoms with Gasteiger partial charge < -0.3 is 9.55 Å². The van der Waals surface area contributed by atoms with Crippen LogP contribution in [0, 0.1) is 6.92 Å². The van der Waals surface area contributed by atoms with Crippen LogP contribution in [0.1, 0.15) is 27.0 Å². The second-order valence-corrected chi connectivity index (χ2v) is 6.83. The van der Waals surface area contributed by atoms with E-state index < -0.39 is 5.91 Å². The maximum atomic E-state index is 12.7. The summed E-state index contributed by atoms with van der Waals surface area (Å²) in [7, 11) is 0. The number of pyridine rings is 1. The Morgan fingerprint density at radius 3 is 2.86 bits per heavy atom. The van der Waals surface area contributed by atoms with E-state index in [2.05, 4.69) is 15.5 Å². The van der Waals surface area contributed by atoms with Gasteiger partial charge in [-0.1, -0.05) is 48.0 Å². The van der Waals surface area contributed by atoms with Gasteiger partial charge in [-0.3, -0.25) is 9.59 Å². The molecule has 29 heavy (non-hydrogen) atoms. The van der Waals surface area contributed by atoms with Crippen molar-refractivity contribution < 1.29 is 4.79 Å². The highest BCUT2D eigenvalue weighted by molar-refractivity contribution is 6.00. The molecule has 0 aliphatic carbocycles. The summed E-state index contributed by atoms with van der Waals surface area (Å²) >= 11 is 0. The zero-order valence-electron chi connectivity index (χ0n) is 15.9. The van der Waals surface area contributed by atoms with Crippen LogP contribution in [0.3, 0.4) is 0 Å². The fourth-order valence-electron chi connectivity index (χ4n) is 3.26. The fraction of sp³-hybridized carbons (Fsp3) is 0.0870. The molecule has 2 aromatic carbocycles. The van der Waals surface area contributed by atoms with Crippen molar-refractivity contribution in [2.75, 3.05) is 0 Å². The molecule has 0 spiro atoms. The van der Waals surface area contributed by atoms with E-state index in [1.54, 1.807) is 18.5 Å². The highest BCUT2D eigenvalue weighted by atomic mass is 16.2. The lowest BCUT2D eigenvalue weighted by atomic mass is 10.1. The normalized spacial score (nSPS) is 11.2. The lowest BCUT2D eigenvalue weighted by Gasteiger charge is -2.08. The van der Waals surface area contributed by atoms with Gasteiger partial charge in [-0.2, -0.15) is 5.10 Å². The number of fused-ring (bicyclic) bond motifs is 1. The van der Waals surface area contributed by atoms with E-state index in [1.807, 2.05) is 61.7 Å². The number of hydrazone groups is 1. The molecule has 0 saturated heterocycles. The highest BCUT2D eigenvalue weighted by Gasteiger charge is 2.12. The van der Waals surface area contributed by atoms with Gasteiger partial charge in [0, 0.05) is 28.9 Å². The summed E-state index contributed by atoms with van der Waals surface area (Å²) in [5.41, 5.74) is 6.11. The van der Waals surface area contributed by atoms with Crippen LogP contribution < -0.4 is 11.0 Å². The first-order chi connectivity index (χ1) is 14.1. The Morgan fingerprint density at radius 2 is 2.00 bits per heavy atom. The van der Waals surface area contributed by atoms with Gasteiger partial charge in [0.15, 0.2) is 0 Å². The van der Waals surface area contributed by atoms with Gasteiger partial charge in [0.1, 0.15) is 5.56 Å². The van der Waals surface area contributed by atoms with Crippen molar-refractivity contribution in [2.24, 2.45) is 5.10 Å². The number of H-pyrrole nitrogens is 1. The number of para-hydroxylation sites is 1. The van der Waals surface area contributed by atoms with Crippen LogP contribution in [0.5, 0.6) is 0 Å². The number of aromatic nitrogens is 2. The molecule has 0 bridgehead atoms. The molecule has 6 heteroatoms. The maximum Gasteiger partial charge on any atom is 0.276 e. The number of carbonyl (C=O) groups is 1. The number of hydrogen-bond acceptors (Lipinski definition) is 3. The molecular weight excluding hydrogens is 364 g/mol. The molecule has 2 heterocycles. The van der Waals surface area contributed by atoms with Crippen LogP contribution in [0.4, 0.5) is 0 Å². The monoisotopic (exact) mass is 384 g/mol. The van der Waals surface area contributed by atoms with Crippen LogP contribution in [0.25, 0.3) is 10.9 Å². The summed E-state index contributed by atoms with van der Waals surface area (Å²) in [4.78, 5) is 28.3. The molecule has 4 rings (SSSR count). The first-order valence-electron chi connectivity index (χ1n) is 9.26. The van der Waals surface area contributed by atoms with Gasteiger partial charge in [-0.15, -0.1) is 0 Å². The minimum absolute atomic E-state index is 0.0521. The largest absolute Gasteiger partial charge is 0.361 e. The molecule has 0 saturated carbocycles. The Balaban J connectivity index is 1.51. The fourth-order valence-corrected chi connectivity index (χ4v) is 3.26. The molecule has 0 unspecified atom stereocenters. The van der Waals surface area contributed by atoms with Gasteiger partial charge in [0.05, 0.1) is 12.8 Å². The van der Waals surface area contributed by atoms with E-state index in [-0.39, 0.29) is 11.1 Å². The summed E-state index contributed by atoms with van der Waals surface area (Å²) in [6.07, 6.45) is 5.05. The number of nitrogens with zero attached hydrogens (tertiary/aromatic N) is 2. The maximum absolute atomic E-state index is 12.7. The number of amides is 1. The summed E-state index contributed by atoms with van der Waals surface area (Å²) < 4.78 is 1.52. The van der Waals surface area contributed by atoms with Crippen molar-refractivity contribution in [3.63, 3.8) is 0 Å². The van der Waals surface area contributed by atoms with Crippen molar-refractivity contribution in [3.8, 4) is 0 Å². The number of rotatable bonds is 5. The average Bonchev–Trinajstić information content (AvgIpc) is 3.13. The third-order valence-electron chi connectivity index (χ3n) is 4.69. The molecule has 6 nitrogen and oxygen atoms in total. The predicted molar refractivity (Wildman–Crippen MR) is 114 cm³/mol.